The number of likely N-dealkylation sites (tertiary alicyclic amines) is 1. The lowest BCUT2D eigenvalue weighted by molar-refractivity contribution is -0.117. The van der Waals surface area contributed by atoms with Crippen LogP contribution in [0.5, 0.6) is 0 Å². The summed E-state index contributed by atoms with van der Waals surface area (Å²) in [5.74, 6) is 2.52. The molecule has 35 heavy (non-hydrogen) atoms. The number of aliphatic hydroxyl groups is 1. The van der Waals surface area contributed by atoms with E-state index in [1.807, 2.05) is 55.6 Å². The smallest absolute Gasteiger partial charge is 0.238 e. The molecule has 1 aromatic carbocycles. The van der Waals surface area contributed by atoms with Crippen molar-refractivity contribution in [2.75, 3.05) is 30.3 Å². The number of fused-ring (bicyclic) bond motifs is 2. The second-order valence-electron chi connectivity index (χ2n) is 9.16. The first-order valence-electron chi connectivity index (χ1n) is 11.6. The number of piperidine rings is 1. The Hall–Kier alpha value is -3.41. The Morgan fingerprint density at radius 1 is 1.29 bits per heavy atom. The average molecular weight is 491 g/mol. The van der Waals surface area contributed by atoms with Crippen LogP contribution in [0.25, 0.3) is 5.52 Å². The molecule has 11 heteroatoms. The van der Waals surface area contributed by atoms with Crippen LogP contribution in [0, 0.1) is 18.8 Å². The molecule has 2 aliphatic rings. The maximum Gasteiger partial charge on any atom is 0.238 e. The van der Waals surface area contributed by atoms with Gasteiger partial charge >= 0.3 is 0 Å². The van der Waals surface area contributed by atoms with Crippen LogP contribution < -0.4 is 10.6 Å². The molecule has 3 atom stereocenters. The van der Waals surface area contributed by atoms with Crippen LogP contribution >= 0.6 is 11.8 Å². The summed E-state index contributed by atoms with van der Waals surface area (Å²) in [7, 11) is 0. The van der Waals surface area contributed by atoms with Gasteiger partial charge in [-0.3, -0.25) is 14.8 Å². The number of aromatic nitrogens is 5. The highest BCUT2D eigenvalue weighted by Crippen LogP contribution is 2.49. The Morgan fingerprint density at radius 3 is 2.91 bits per heavy atom. The molecule has 0 bridgehead atoms. The van der Waals surface area contributed by atoms with Crippen LogP contribution in [-0.4, -0.2) is 66.4 Å². The van der Waals surface area contributed by atoms with Gasteiger partial charge in [0, 0.05) is 41.1 Å². The van der Waals surface area contributed by atoms with Crippen molar-refractivity contribution in [1.82, 2.24) is 29.7 Å². The van der Waals surface area contributed by atoms with E-state index in [4.69, 9.17) is 4.98 Å². The van der Waals surface area contributed by atoms with E-state index in [1.54, 1.807) is 4.52 Å². The van der Waals surface area contributed by atoms with Gasteiger partial charge in [-0.15, -0.1) is 5.10 Å². The highest BCUT2D eigenvalue weighted by atomic mass is 32.2. The zero-order chi connectivity index (χ0) is 23.9. The minimum Gasteiger partial charge on any atom is -0.395 e. The second-order valence-corrected chi connectivity index (χ2v) is 10.2. The van der Waals surface area contributed by atoms with Crippen LogP contribution in [0.3, 0.4) is 0 Å². The Labute approximate surface area is 206 Å². The van der Waals surface area contributed by atoms with E-state index in [9.17, 15) is 9.90 Å². The summed E-state index contributed by atoms with van der Waals surface area (Å²) in [4.78, 5) is 20.3. The largest absolute Gasteiger partial charge is 0.395 e. The molecule has 6 rings (SSSR count). The van der Waals surface area contributed by atoms with Gasteiger partial charge in [-0.25, -0.2) is 9.50 Å². The number of H-pyrrole nitrogens is 1. The molecular formula is C24H26N8O2S. The van der Waals surface area contributed by atoms with Crippen molar-refractivity contribution >= 4 is 40.5 Å². The zero-order valence-corrected chi connectivity index (χ0v) is 20.0. The molecule has 1 amide bonds. The minimum absolute atomic E-state index is 0.0594. The summed E-state index contributed by atoms with van der Waals surface area (Å²) in [6.07, 6.45) is 3.07. The summed E-state index contributed by atoms with van der Waals surface area (Å²) < 4.78 is 1.79. The first kappa shape index (κ1) is 22.1. The van der Waals surface area contributed by atoms with Crippen molar-refractivity contribution in [2.24, 2.45) is 11.8 Å². The van der Waals surface area contributed by atoms with E-state index in [0.29, 0.717) is 35.2 Å². The number of benzene rings is 1. The first-order valence-corrected chi connectivity index (χ1v) is 12.4. The lowest BCUT2D eigenvalue weighted by Gasteiger charge is -2.24. The number of amides is 1. The van der Waals surface area contributed by atoms with E-state index in [-0.39, 0.29) is 18.6 Å². The van der Waals surface area contributed by atoms with Crippen LogP contribution in [0.2, 0.25) is 0 Å². The summed E-state index contributed by atoms with van der Waals surface area (Å²) in [5.41, 5.74) is 2.55. The topological polar surface area (TPSA) is 123 Å². The monoisotopic (exact) mass is 490 g/mol. The summed E-state index contributed by atoms with van der Waals surface area (Å²) in [5, 5.41) is 28.2. The number of hydrogen-bond donors (Lipinski definition) is 4. The summed E-state index contributed by atoms with van der Waals surface area (Å²) >= 11 is 1.44. The average Bonchev–Trinajstić information content (AvgIpc) is 3.15. The van der Waals surface area contributed by atoms with E-state index in [2.05, 4.69) is 30.8 Å². The molecular weight excluding hydrogens is 464 g/mol. The fourth-order valence-electron chi connectivity index (χ4n) is 4.84. The second kappa shape index (κ2) is 8.99. The van der Waals surface area contributed by atoms with E-state index in [0.717, 1.165) is 28.3 Å². The molecule has 4 N–H and O–H groups in total. The Kier molecular flexibility index (Phi) is 5.67. The predicted octanol–water partition coefficient (Wildman–Crippen LogP) is 2.91. The van der Waals surface area contributed by atoms with Gasteiger partial charge < -0.3 is 15.7 Å². The number of aromatic amines is 1. The van der Waals surface area contributed by atoms with Gasteiger partial charge in [0.1, 0.15) is 5.52 Å². The summed E-state index contributed by atoms with van der Waals surface area (Å²) in [6.45, 7) is 3.28. The number of nitrogens with one attached hydrogen (secondary N) is 3. The van der Waals surface area contributed by atoms with Crippen molar-refractivity contribution in [3.63, 3.8) is 0 Å². The highest BCUT2D eigenvalue weighted by molar-refractivity contribution is 7.99. The number of hydrogen-bond acceptors (Lipinski definition) is 8. The third kappa shape index (κ3) is 4.62. The number of anilines is 3. The SMILES string of the molecule is Cc1cc(Nc2nc(Sc3ccc(NC(=O)CN4C[C@@H]5C[C@@H]5[C@H]4CO)cc3)nn3cccc23)n[nH]1. The van der Waals surface area contributed by atoms with Crippen LogP contribution in [0.4, 0.5) is 17.3 Å². The van der Waals surface area contributed by atoms with Gasteiger partial charge in [-0.05, 0) is 73.3 Å². The molecule has 1 aliphatic carbocycles. The predicted molar refractivity (Wildman–Crippen MR) is 133 cm³/mol. The van der Waals surface area contributed by atoms with Gasteiger partial charge in [0.25, 0.3) is 0 Å². The highest BCUT2D eigenvalue weighted by Gasteiger charge is 2.52. The lowest BCUT2D eigenvalue weighted by atomic mass is 10.2. The molecule has 180 valence electrons. The van der Waals surface area contributed by atoms with Crippen molar-refractivity contribution in [3.05, 3.63) is 54.4 Å². The number of aryl methyl sites for hydroxylation is 1. The number of rotatable bonds is 8. The molecule has 4 heterocycles. The normalized spacial score (nSPS) is 21.3. The molecule has 3 aromatic heterocycles. The summed E-state index contributed by atoms with van der Waals surface area (Å²) in [6, 6.07) is 13.5. The van der Waals surface area contributed by atoms with Crippen LogP contribution in [0.1, 0.15) is 12.1 Å². The van der Waals surface area contributed by atoms with Crippen LogP contribution in [0.15, 0.2) is 58.7 Å². The molecule has 4 aromatic rings. The van der Waals surface area contributed by atoms with Gasteiger partial charge in [0.05, 0.1) is 13.2 Å². The number of carbonyl (C=O) groups excluding carboxylic acids is 1. The molecule has 1 saturated carbocycles. The Balaban J connectivity index is 1.11. The number of aliphatic hydroxyl groups excluding tert-OH is 1. The van der Waals surface area contributed by atoms with E-state index in [1.165, 1.54) is 18.2 Å². The van der Waals surface area contributed by atoms with Crippen molar-refractivity contribution in [1.29, 1.82) is 0 Å². The minimum atomic E-state index is -0.0594. The molecule has 1 aliphatic heterocycles. The fourth-order valence-corrected chi connectivity index (χ4v) is 5.59. The van der Waals surface area contributed by atoms with Gasteiger partial charge in [0.15, 0.2) is 11.6 Å². The molecule has 1 saturated heterocycles. The Bertz CT molecular complexity index is 1370. The lowest BCUT2D eigenvalue weighted by Crippen LogP contribution is -2.41. The third-order valence-corrected chi connectivity index (χ3v) is 7.48. The van der Waals surface area contributed by atoms with Crippen molar-refractivity contribution in [2.45, 2.75) is 29.4 Å². The number of carbonyl (C=O) groups is 1. The standard InChI is InChI=1S/C24H26N8O2S/c1-14-9-21(29-28-14)26-23-19-3-2-8-32(19)30-24(27-23)35-17-6-4-16(5-7-17)25-22(34)12-31-11-15-10-18(15)20(31)13-33/h2-9,15,18,20,33H,10-13H2,1H3,(H,25,34)(H2,26,27,28,29,30)/t15-,18-,20+/m0/s1. The number of nitrogens with zero attached hydrogens (tertiary/aromatic N) is 5. The van der Waals surface area contributed by atoms with Crippen molar-refractivity contribution in [3.8, 4) is 0 Å². The Morgan fingerprint density at radius 2 is 2.14 bits per heavy atom. The molecule has 10 nitrogen and oxygen atoms in total. The van der Waals surface area contributed by atoms with Gasteiger partial charge in [-0.1, -0.05) is 0 Å². The maximum absolute atomic E-state index is 12.5. The zero-order valence-electron chi connectivity index (χ0n) is 19.2. The molecule has 2 fully saturated rings. The maximum atomic E-state index is 12.5. The molecule has 0 radical (unpaired) electrons. The van der Waals surface area contributed by atoms with Gasteiger partial charge in [0.2, 0.25) is 11.1 Å². The third-order valence-electron chi connectivity index (χ3n) is 6.61. The molecule has 0 unspecified atom stereocenters. The van der Waals surface area contributed by atoms with E-state index >= 15 is 0 Å². The van der Waals surface area contributed by atoms with Crippen LogP contribution in [-0.2, 0) is 4.79 Å². The first-order chi connectivity index (χ1) is 17.1. The fraction of sp³-hybridized carbons (Fsp3) is 0.333. The van der Waals surface area contributed by atoms with E-state index < -0.39 is 0 Å². The van der Waals surface area contributed by atoms with Crippen molar-refractivity contribution < 1.29 is 9.90 Å². The molecule has 0 spiro atoms. The quantitative estimate of drug-likeness (QED) is 0.297. The van der Waals surface area contributed by atoms with Gasteiger partial charge in [-0.2, -0.15) is 5.10 Å².